The van der Waals surface area contributed by atoms with Gasteiger partial charge < -0.3 is 10.4 Å². The van der Waals surface area contributed by atoms with Crippen LogP contribution < -0.4 is 5.32 Å². The van der Waals surface area contributed by atoms with Gasteiger partial charge in [-0.3, -0.25) is 9.59 Å². The fourth-order valence-electron chi connectivity index (χ4n) is 1.95. The number of thiophene rings is 1. The van der Waals surface area contributed by atoms with E-state index in [2.05, 4.69) is 10.3 Å². The van der Waals surface area contributed by atoms with Crippen molar-refractivity contribution in [3.63, 3.8) is 0 Å². The van der Waals surface area contributed by atoms with Crippen LogP contribution in [0.1, 0.15) is 20.9 Å². The lowest BCUT2D eigenvalue weighted by molar-refractivity contribution is -0.141. The summed E-state index contributed by atoms with van der Waals surface area (Å²) in [7, 11) is 0. The number of rotatable bonds is 6. The summed E-state index contributed by atoms with van der Waals surface area (Å²) in [5, 5.41) is 11.6. The molecule has 0 saturated heterocycles. The number of nitrogens with one attached hydrogen (secondary N) is 1. The Morgan fingerprint density at radius 1 is 1.38 bits per heavy atom. The van der Waals surface area contributed by atoms with E-state index in [9.17, 15) is 22.8 Å². The van der Waals surface area contributed by atoms with Crippen molar-refractivity contribution in [2.45, 2.75) is 13.1 Å². The molecule has 2 heterocycles. The van der Waals surface area contributed by atoms with Crippen LogP contribution in [0.2, 0.25) is 0 Å². The van der Waals surface area contributed by atoms with Crippen LogP contribution in [0, 0.1) is 6.92 Å². The summed E-state index contributed by atoms with van der Waals surface area (Å²) in [6.07, 6.45) is -4.53. The first-order chi connectivity index (χ1) is 11.2. The van der Waals surface area contributed by atoms with E-state index >= 15 is 0 Å². The number of aromatic nitrogens is 1. The van der Waals surface area contributed by atoms with Crippen LogP contribution >= 0.6 is 23.1 Å². The lowest BCUT2D eigenvalue weighted by Gasteiger charge is -2.04. The van der Waals surface area contributed by atoms with E-state index in [4.69, 9.17) is 5.11 Å². The molecule has 24 heavy (non-hydrogen) atoms. The molecule has 5 nitrogen and oxygen atoms in total. The van der Waals surface area contributed by atoms with Crippen molar-refractivity contribution >= 4 is 45.2 Å². The quantitative estimate of drug-likeness (QED) is 0.755. The first kappa shape index (κ1) is 18.5. The SMILES string of the molecule is Cc1c(C(=O)NCCSCC(=O)O)sc2nc(C(F)(F)F)ccc12. The third kappa shape index (κ3) is 4.38. The van der Waals surface area contributed by atoms with Gasteiger partial charge in [-0.15, -0.1) is 23.1 Å². The van der Waals surface area contributed by atoms with E-state index in [0.717, 1.165) is 29.2 Å². The van der Waals surface area contributed by atoms with Crippen molar-refractivity contribution in [3.8, 4) is 0 Å². The summed E-state index contributed by atoms with van der Waals surface area (Å²) >= 11 is 2.07. The zero-order chi connectivity index (χ0) is 17.9. The van der Waals surface area contributed by atoms with E-state index in [1.165, 1.54) is 6.07 Å². The number of fused-ring (bicyclic) bond motifs is 1. The maximum Gasteiger partial charge on any atom is 0.433 e. The van der Waals surface area contributed by atoms with E-state index in [1.54, 1.807) is 6.92 Å². The number of alkyl halides is 3. The number of carbonyl (C=O) groups excluding carboxylic acids is 1. The number of carboxylic acid groups (broad SMARTS) is 1. The summed E-state index contributed by atoms with van der Waals surface area (Å²) in [5.74, 6) is -0.960. The number of carboxylic acids is 1. The topological polar surface area (TPSA) is 79.3 Å². The average molecular weight is 378 g/mol. The van der Waals surface area contributed by atoms with Gasteiger partial charge in [0.05, 0.1) is 10.6 Å². The Morgan fingerprint density at radius 2 is 2.08 bits per heavy atom. The number of nitrogens with zero attached hydrogens (tertiary/aromatic N) is 1. The number of hydrogen-bond acceptors (Lipinski definition) is 5. The first-order valence-electron chi connectivity index (χ1n) is 6.75. The van der Waals surface area contributed by atoms with Gasteiger partial charge in [0.15, 0.2) is 0 Å². The molecule has 10 heteroatoms. The fraction of sp³-hybridized carbons (Fsp3) is 0.357. The molecule has 0 spiro atoms. The van der Waals surface area contributed by atoms with Crippen LogP contribution in [-0.4, -0.2) is 40.0 Å². The van der Waals surface area contributed by atoms with Crippen molar-refractivity contribution in [1.82, 2.24) is 10.3 Å². The molecule has 0 bridgehead atoms. The second-order valence-electron chi connectivity index (χ2n) is 4.81. The molecule has 2 aromatic heterocycles. The molecule has 0 atom stereocenters. The number of hydrogen-bond donors (Lipinski definition) is 2. The molecule has 2 rings (SSSR count). The van der Waals surface area contributed by atoms with Crippen molar-refractivity contribution in [2.24, 2.45) is 0 Å². The maximum absolute atomic E-state index is 12.7. The van der Waals surface area contributed by atoms with Gasteiger partial charge in [0.2, 0.25) is 0 Å². The van der Waals surface area contributed by atoms with Gasteiger partial charge in [-0.05, 0) is 24.6 Å². The number of aryl methyl sites for hydroxylation is 1. The summed E-state index contributed by atoms with van der Waals surface area (Å²) in [6.45, 7) is 1.92. The van der Waals surface area contributed by atoms with Crippen LogP contribution in [0.15, 0.2) is 12.1 Å². The van der Waals surface area contributed by atoms with Gasteiger partial charge in [0, 0.05) is 17.7 Å². The molecule has 1 amide bonds. The molecule has 0 aliphatic rings. The monoisotopic (exact) mass is 378 g/mol. The van der Waals surface area contributed by atoms with Crippen LogP contribution in [0.5, 0.6) is 0 Å². The molecule has 0 aromatic carbocycles. The average Bonchev–Trinajstić information content (AvgIpc) is 2.82. The van der Waals surface area contributed by atoms with E-state index in [-0.39, 0.29) is 17.1 Å². The number of amides is 1. The smallest absolute Gasteiger partial charge is 0.433 e. The molecule has 0 radical (unpaired) electrons. The normalized spacial score (nSPS) is 11.7. The maximum atomic E-state index is 12.7. The lowest BCUT2D eigenvalue weighted by Crippen LogP contribution is -2.25. The predicted molar refractivity (Wildman–Crippen MR) is 86.7 cm³/mol. The molecule has 0 aliphatic carbocycles. The second-order valence-corrected chi connectivity index (χ2v) is 6.91. The second kappa shape index (κ2) is 7.39. The zero-order valence-corrected chi connectivity index (χ0v) is 14.1. The minimum absolute atomic E-state index is 0.0536. The standard InChI is InChI=1S/C14H13F3N2O3S2/c1-7-8-2-3-9(14(15,16)17)19-13(8)24-11(7)12(22)18-4-5-23-6-10(20)21/h2-3H,4-6H2,1H3,(H,18,22)(H,20,21). The highest BCUT2D eigenvalue weighted by atomic mass is 32.2. The number of thioether (sulfide) groups is 1. The first-order valence-corrected chi connectivity index (χ1v) is 8.72. The van der Waals surface area contributed by atoms with Crippen molar-refractivity contribution in [1.29, 1.82) is 0 Å². The van der Waals surface area contributed by atoms with Gasteiger partial charge in [-0.25, -0.2) is 4.98 Å². The lowest BCUT2D eigenvalue weighted by atomic mass is 10.2. The van der Waals surface area contributed by atoms with E-state index in [0.29, 0.717) is 21.6 Å². The summed E-state index contributed by atoms with van der Waals surface area (Å²) in [6, 6.07) is 2.21. The Bertz CT molecular complexity index is 774. The molecular weight excluding hydrogens is 365 g/mol. The van der Waals surface area contributed by atoms with Gasteiger partial charge in [-0.2, -0.15) is 13.2 Å². The van der Waals surface area contributed by atoms with Crippen LogP contribution in [0.4, 0.5) is 13.2 Å². The molecular formula is C14H13F3N2O3S2. The van der Waals surface area contributed by atoms with Crippen LogP contribution in [0.3, 0.4) is 0 Å². The van der Waals surface area contributed by atoms with Gasteiger partial charge in [0.1, 0.15) is 10.5 Å². The molecule has 0 fully saturated rings. The summed E-state index contributed by atoms with van der Waals surface area (Å²) < 4.78 is 38.1. The number of aliphatic carboxylic acids is 1. The Kier molecular flexibility index (Phi) is 5.70. The molecule has 0 aliphatic heterocycles. The molecule has 130 valence electrons. The van der Waals surface area contributed by atoms with Crippen LogP contribution in [0.25, 0.3) is 10.2 Å². The van der Waals surface area contributed by atoms with Crippen molar-refractivity contribution in [3.05, 3.63) is 28.3 Å². The zero-order valence-electron chi connectivity index (χ0n) is 12.4. The summed E-state index contributed by atoms with van der Waals surface area (Å²) in [5.41, 5.74) is -0.416. The third-order valence-corrected chi connectivity index (χ3v) is 5.20. The van der Waals surface area contributed by atoms with Crippen LogP contribution in [-0.2, 0) is 11.0 Å². The van der Waals surface area contributed by atoms with Crippen molar-refractivity contribution < 1.29 is 27.9 Å². The third-order valence-electron chi connectivity index (χ3n) is 3.06. The molecule has 0 saturated carbocycles. The predicted octanol–water partition coefficient (Wildman–Crippen LogP) is 3.17. The Hall–Kier alpha value is -1.81. The fourth-order valence-corrected chi connectivity index (χ4v) is 3.61. The highest BCUT2D eigenvalue weighted by Gasteiger charge is 2.33. The van der Waals surface area contributed by atoms with Gasteiger partial charge in [0.25, 0.3) is 5.91 Å². The minimum Gasteiger partial charge on any atom is -0.481 e. The van der Waals surface area contributed by atoms with E-state index < -0.39 is 23.7 Å². The van der Waals surface area contributed by atoms with E-state index in [1.807, 2.05) is 0 Å². The molecule has 2 aromatic rings. The minimum atomic E-state index is -4.53. The highest BCUT2D eigenvalue weighted by molar-refractivity contribution is 7.99. The van der Waals surface area contributed by atoms with Gasteiger partial charge >= 0.3 is 12.1 Å². The molecule has 0 unspecified atom stereocenters. The number of pyridine rings is 1. The Labute approximate surface area is 143 Å². The van der Waals surface area contributed by atoms with Crippen molar-refractivity contribution in [2.75, 3.05) is 18.1 Å². The Morgan fingerprint density at radius 3 is 2.71 bits per heavy atom. The number of carbonyl (C=O) groups is 2. The largest absolute Gasteiger partial charge is 0.481 e. The molecule has 2 N–H and O–H groups in total. The number of halogens is 3. The Balaban J connectivity index is 2.10. The summed E-state index contributed by atoms with van der Waals surface area (Å²) in [4.78, 5) is 26.6. The van der Waals surface area contributed by atoms with Gasteiger partial charge in [-0.1, -0.05) is 0 Å². The highest BCUT2D eigenvalue weighted by Crippen LogP contribution is 2.34.